The van der Waals surface area contributed by atoms with Crippen molar-refractivity contribution < 1.29 is 17.9 Å². The van der Waals surface area contributed by atoms with Crippen molar-refractivity contribution in [2.45, 2.75) is 11.5 Å². The molecule has 1 aromatic heterocycles. The Bertz CT molecular complexity index is 604. The van der Waals surface area contributed by atoms with Gasteiger partial charge in [-0.25, -0.2) is 13.4 Å². The first-order valence-corrected chi connectivity index (χ1v) is 6.26. The summed E-state index contributed by atoms with van der Waals surface area (Å²) in [5, 5.41) is 8.77. The number of halogens is 1. The Hall–Kier alpha value is -1.11. The molecule has 0 aliphatic heterocycles. The van der Waals surface area contributed by atoms with E-state index in [-0.39, 0.29) is 23.0 Å². The van der Waals surface area contributed by atoms with Crippen LogP contribution in [-0.4, -0.2) is 18.5 Å². The minimum absolute atomic E-state index is 0.0580. The number of benzene rings is 1. The lowest BCUT2D eigenvalue weighted by Crippen LogP contribution is -1.88. The molecule has 0 spiro atoms. The van der Waals surface area contributed by atoms with Crippen LogP contribution in [0.2, 0.25) is 0 Å². The lowest BCUT2D eigenvalue weighted by Gasteiger charge is -1.93. The van der Waals surface area contributed by atoms with Crippen molar-refractivity contribution in [2.75, 3.05) is 0 Å². The third-order valence-electron chi connectivity index (χ3n) is 1.82. The van der Waals surface area contributed by atoms with E-state index in [4.69, 9.17) is 20.2 Å². The molecular weight excluding hydrogens is 242 g/mol. The zero-order valence-electron chi connectivity index (χ0n) is 7.34. The highest BCUT2D eigenvalue weighted by Gasteiger charge is 2.13. The van der Waals surface area contributed by atoms with E-state index in [1.54, 1.807) is 0 Å². The molecule has 0 amide bonds. The predicted octanol–water partition coefficient (Wildman–Crippen LogP) is 1.25. The third-order valence-corrected chi connectivity index (χ3v) is 3.17. The molecule has 0 saturated carbocycles. The highest BCUT2D eigenvalue weighted by atomic mass is 35.7. The average Bonchev–Trinajstić information content (AvgIpc) is 2.57. The normalized spacial score (nSPS) is 12.1. The Morgan fingerprint density at radius 2 is 2.20 bits per heavy atom. The standard InChI is InChI=1S/C8H6ClNO4S/c9-15(12,13)5-1-2-6-7(3-5)14-8(4-11)10-6/h1-3,11H,4H2. The van der Waals surface area contributed by atoms with Crippen molar-refractivity contribution in [3.05, 3.63) is 24.1 Å². The monoisotopic (exact) mass is 247 g/mol. The topological polar surface area (TPSA) is 80.4 Å². The van der Waals surface area contributed by atoms with Gasteiger partial charge in [0.1, 0.15) is 12.1 Å². The maximum Gasteiger partial charge on any atom is 0.261 e. The first-order valence-electron chi connectivity index (χ1n) is 3.96. The van der Waals surface area contributed by atoms with E-state index in [2.05, 4.69) is 4.98 Å². The van der Waals surface area contributed by atoms with Gasteiger partial charge in [0.05, 0.1) is 4.90 Å². The molecule has 2 aromatic rings. The number of nitrogens with zero attached hydrogens (tertiary/aromatic N) is 1. The molecule has 0 bridgehead atoms. The zero-order valence-corrected chi connectivity index (χ0v) is 8.92. The predicted molar refractivity (Wildman–Crippen MR) is 53.0 cm³/mol. The van der Waals surface area contributed by atoms with Crippen LogP contribution >= 0.6 is 10.7 Å². The molecule has 1 aromatic carbocycles. The molecule has 7 heteroatoms. The molecule has 0 atom stereocenters. The van der Waals surface area contributed by atoms with E-state index in [1.807, 2.05) is 0 Å². The zero-order chi connectivity index (χ0) is 11.1. The van der Waals surface area contributed by atoms with Gasteiger partial charge in [0, 0.05) is 16.7 Å². The number of aliphatic hydroxyl groups excluding tert-OH is 1. The second-order valence-corrected chi connectivity index (χ2v) is 5.40. The molecule has 0 aliphatic carbocycles. The van der Waals surface area contributed by atoms with Crippen molar-refractivity contribution in [1.29, 1.82) is 0 Å². The van der Waals surface area contributed by atoms with E-state index >= 15 is 0 Å². The van der Waals surface area contributed by atoms with Crippen molar-refractivity contribution in [2.24, 2.45) is 0 Å². The van der Waals surface area contributed by atoms with Gasteiger partial charge in [0.25, 0.3) is 9.05 Å². The van der Waals surface area contributed by atoms with Crippen LogP contribution in [0.3, 0.4) is 0 Å². The summed E-state index contributed by atoms with van der Waals surface area (Å²) in [6, 6.07) is 4.06. The third kappa shape index (κ3) is 1.97. The summed E-state index contributed by atoms with van der Waals surface area (Å²) >= 11 is 0. The molecule has 1 N–H and O–H groups in total. The molecule has 0 unspecified atom stereocenters. The van der Waals surface area contributed by atoms with Gasteiger partial charge in [0.15, 0.2) is 5.58 Å². The molecule has 1 heterocycles. The minimum Gasteiger partial charge on any atom is -0.438 e. The number of fused-ring (bicyclic) bond motifs is 1. The van der Waals surface area contributed by atoms with Crippen molar-refractivity contribution in [3.63, 3.8) is 0 Å². The molecule has 0 saturated heterocycles. The van der Waals surface area contributed by atoms with Crippen LogP contribution in [0.5, 0.6) is 0 Å². The molecule has 15 heavy (non-hydrogen) atoms. The second-order valence-electron chi connectivity index (χ2n) is 2.83. The van der Waals surface area contributed by atoms with Crippen molar-refractivity contribution in [3.8, 4) is 0 Å². The van der Waals surface area contributed by atoms with E-state index in [0.29, 0.717) is 5.52 Å². The van der Waals surface area contributed by atoms with Crippen molar-refractivity contribution >= 4 is 30.8 Å². The van der Waals surface area contributed by atoms with Crippen LogP contribution < -0.4 is 0 Å². The Morgan fingerprint density at radius 1 is 1.47 bits per heavy atom. The van der Waals surface area contributed by atoms with Crippen LogP contribution in [0.25, 0.3) is 11.1 Å². The average molecular weight is 248 g/mol. The highest BCUT2D eigenvalue weighted by Crippen LogP contribution is 2.22. The van der Waals surface area contributed by atoms with Crippen LogP contribution in [-0.2, 0) is 15.7 Å². The summed E-state index contributed by atoms with van der Waals surface area (Å²) in [6.07, 6.45) is 0. The molecule has 2 rings (SSSR count). The molecule has 0 aliphatic rings. The smallest absolute Gasteiger partial charge is 0.261 e. The number of oxazole rings is 1. The van der Waals surface area contributed by atoms with Gasteiger partial charge in [-0.3, -0.25) is 0 Å². The number of hydrogen-bond acceptors (Lipinski definition) is 5. The quantitative estimate of drug-likeness (QED) is 0.808. The first kappa shape index (κ1) is 10.4. The number of rotatable bonds is 2. The lowest BCUT2D eigenvalue weighted by atomic mass is 10.3. The van der Waals surface area contributed by atoms with E-state index in [9.17, 15) is 8.42 Å². The Kier molecular flexibility index (Phi) is 2.41. The summed E-state index contributed by atoms with van der Waals surface area (Å²) in [5.74, 6) is 0.133. The minimum atomic E-state index is -3.77. The van der Waals surface area contributed by atoms with Gasteiger partial charge in [-0.05, 0) is 12.1 Å². The van der Waals surface area contributed by atoms with Gasteiger partial charge in [-0.2, -0.15) is 0 Å². The summed E-state index contributed by atoms with van der Waals surface area (Å²) < 4.78 is 27.1. The molecule has 5 nitrogen and oxygen atoms in total. The summed E-state index contributed by atoms with van der Waals surface area (Å²) in [6.45, 7) is -0.336. The fraction of sp³-hybridized carbons (Fsp3) is 0.125. The molecular formula is C8H6ClNO4S. The number of hydrogen-bond donors (Lipinski definition) is 1. The lowest BCUT2D eigenvalue weighted by molar-refractivity contribution is 0.244. The maximum absolute atomic E-state index is 11.0. The van der Waals surface area contributed by atoms with Gasteiger partial charge >= 0.3 is 0 Å². The fourth-order valence-corrected chi connectivity index (χ4v) is 1.94. The Labute approximate surface area is 89.7 Å². The van der Waals surface area contributed by atoms with Gasteiger partial charge < -0.3 is 9.52 Å². The Morgan fingerprint density at radius 3 is 2.80 bits per heavy atom. The van der Waals surface area contributed by atoms with Crippen LogP contribution in [0.4, 0.5) is 0 Å². The Balaban J connectivity index is 2.66. The highest BCUT2D eigenvalue weighted by molar-refractivity contribution is 8.13. The number of aliphatic hydroxyl groups is 1. The van der Waals surface area contributed by atoms with E-state index in [0.717, 1.165) is 0 Å². The molecule has 0 fully saturated rings. The van der Waals surface area contributed by atoms with Crippen molar-refractivity contribution in [1.82, 2.24) is 4.98 Å². The molecule has 0 radical (unpaired) electrons. The first-order chi connectivity index (χ1) is 7.00. The van der Waals surface area contributed by atoms with Crippen LogP contribution in [0, 0.1) is 0 Å². The SMILES string of the molecule is O=S(=O)(Cl)c1ccc2nc(CO)oc2c1. The molecule has 80 valence electrons. The summed E-state index contributed by atoms with van der Waals surface area (Å²) in [7, 11) is 1.39. The van der Waals surface area contributed by atoms with E-state index in [1.165, 1.54) is 18.2 Å². The summed E-state index contributed by atoms with van der Waals surface area (Å²) in [5.41, 5.74) is 0.754. The van der Waals surface area contributed by atoms with Gasteiger partial charge in [-0.1, -0.05) is 0 Å². The number of aromatic nitrogens is 1. The second kappa shape index (κ2) is 3.48. The van der Waals surface area contributed by atoms with Gasteiger partial charge in [-0.15, -0.1) is 0 Å². The largest absolute Gasteiger partial charge is 0.438 e. The summed E-state index contributed by atoms with van der Waals surface area (Å²) in [4.78, 5) is 3.84. The fourth-order valence-electron chi connectivity index (χ4n) is 1.17. The van der Waals surface area contributed by atoms with E-state index < -0.39 is 9.05 Å². The van der Waals surface area contributed by atoms with Crippen LogP contribution in [0.15, 0.2) is 27.5 Å². The van der Waals surface area contributed by atoms with Crippen LogP contribution in [0.1, 0.15) is 5.89 Å². The van der Waals surface area contributed by atoms with Gasteiger partial charge in [0.2, 0.25) is 5.89 Å². The maximum atomic E-state index is 11.0.